The van der Waals surface area contributed by atoms with Crippen molar-refractivity contribution in [3.63, 3.8) is 0 Å². The third-order valence-electron chi connectivity index (χ3n) is 4.99. The van der Waals surface area contributed by atoms with E-state index in [-0.39, 0.29) is 12.2 Å². The van der Waals surface area contributed by atoms with Crippen molar-refractivity contribution in [2.75, 3.05) is 26.8 Å². The topological polar surface area (TPSA) is 24.5 Å². The van der Waals surface area contributed by atoms with Crippen LogP contribution < -0.4 is 5.32 Å². The second kappa shape index (κ2) is 10.5. The number of nitrogens with zero attached hydrogens (tertiary/aromatic N) is 1. The van der Waals surface area contributed by atoms with Crippen molar-refractivity contribution in [1.29, 1.82) is 0 Å². The second-order valence-corrected chi connectivity index (χ2v) is 7.41. The summed E-state index contributed by atoms with van der Waals surface area (Å²) in [6.07, 6.45) is 0.700. The van der Waals surface area contributed by atoms with Crippen LogP contribution in [0.3, 0.4) is 0 Å². The van der Waals surface area contributed by atoms with Gasteiger partial charge in [-0.15, -0.1) is 13.2 Å². The normalized spacial score (nSPS) is 14.4. The van der Waals surface area contributed by atoms with E-state index in [2.05, 4.69) is 51.4 Å². The van der Waals surface area contributed by atoms with Crippen LogP contribution in [0.2, 0.25) is 0 Å². The highest BCUT2D eigenvalue weighted by atomic mass is 19.4. The first kappa shape index (κ1) is 22.1. The SMILES string of the molecule is CN(CCc1ccc(-c2ccccc2)cc1)CNCC1=C(OC(F)(F)F)CCC=C1. The minimum atomic E-state index is -4.64. The molecule has 0 bridgehead atoms. The lowest BCUT2D eigenvalue weighted by atomic mass is 10.0. The number of halogens is 3. The fourth-order valence-corrected chi connectivity index (χ4v) is 3.38. The first-order chi connectivity index (χ1) is 14.4. The van der Waals surface area contributed by atoms with Gasteiger partial charge in [-0.05, 0) is 36.6 Å². The molecular formula is C24H27F3N2O. The highest BCUT2D eigenvalue weighted by Crippen LogP contribution is 2.28. The molecule has 0 aromatic heterocycles. The lowest BCUT2D eigenvalue weighted by Gasteiger charge is -2.21. The average Bonchev–Trinajstić information content (AvgIpc) is 2.73. The zero-order chi connectivity index (χ0) is 21.4. The van der Waals surface area contributed by atoms with E-state index < -0.39 is 6.36 Å². The Hall–Kier alpha value is -2.57. The molecule has 0 radical (unpaired) electrons. The van der Waals surface area contributed by atoms with Crippen LogP contribution in [-0.4, -0.2) is 38.1 Å². The predicted octanol–water partition coefficient (Wildman–Crippen LogP) is 5.52. The summed E-state index contributed by atoms with van der Waals surface area (Å²) in [5.41, 5.74) is 4.20. The van der Waals surface area contributed by atoms with E-state index in [0.717, 1.165) is 13.0 Å². The van der Waals surface area contributed by atoms with Gasteiger partial charge < -0.3 is 10.1 Å². The van der Waals surface area contributed by atoms with Crippen LogP contribution in [0.25, 0.3) is 11.1 Å². The highest BCUT2D eigenvalue weighted by molar-refractivity contribution is 5.63. The van der Waals surface area contributed by atoms with Crippen LogP contribution in [0.15, 0.2) is 78.1 Å². The molecule has 3 rings (SSSR count). The zero-order valence-electron chi connectivity index (χ0n) is 17.1. The Balaban J connectivity index is 1.43. The maximum Gasteiger partial charge on any atom is 0.572 e. The van der Waals surface area contributed by atoms with Gasteiger partial charge >= 0.3 is 6.36 Å². The number of alkyl halides is 3. The van der Waals surface area contributed by atoms with Gasteiger partial charge in [0, 0.05) is 31.8 Å². The Labute approximate surface area is 175 Å². The van der Waals surface area contributed by atoms with Gasteiger partial charge in [-0.3, -0.25) is 4.90 Å². The molecule has 0 heterocycles. The molecule has 1 N–H and O–H groups in total. The minimum Gasteiger partial charge on any atom is -0.410 e. The van der Waals surface area contributed by atoms with Gasteiger partial charge in [0.05, 0.1) is 0 Å². The van der Waals surface area contributed by atoms with E-state index in [0.29, 0.717) is 25.2 Å². The first-order valence-electron chi connectivity index (χ1n) is 10.1. The summed E-state index contributed by atoms with van der Waals surface area (Å²) < 4.78 is 41.8. The van der Waals surface area contributed by atoms with Crippen LogP contribution in [0.1, 0.15) is 18.4 Å². The van der Waals surface area contributed by atoms with E-state index >= 15 is 0 Å². The van der Waals surface area contributed by atoms with Crippen molar-refractivity contribution in [2.45, 2.75) is 25.6 Å². The molecule has 1 aliphatic carbocycles. The van der Waals surface area contributed by atoms with Gasteiger partial charge in [0.15, 0.2) is 0 Å². The quantitative estimate of drug-likeness (QED) is 0.545. The van der Waals surface area contributed by atoms with E-state index in [1.807, 2.05) is 31.3 Å². The van der Waals surface area contributed by atoms with Crippen molar-refractivity contribution >= 4 is 0 Å². The molecule has 2 aromatic rings. The fraction of sp³-hybridized carbons (Fsp3) is 0.333. The van der Waals surface area contributed by atoms with Gasteiger partial charge in [0.25, 0.3) is 0 Å². The Kier molecular flexibility index (Phi) is 7.71. The molecule has 2 aromatic carbocycles. The highest BCUT2D eigenvalue weighted by Gasteiger charge is 2.33. The van der Waals surface area contributed by atoms with Crippen molar-refractivity contribution in [3.05, 3.63) is 83.6 Å². The van der Waals surface area contributed by atoms with Gasteiger partial charge in [-0.1, -0.05) is 66.7 Å². The molecule has 0 spiro atoms. The van der Waals surface area contributed by atoms with E-state index in [1.54, 1.807) is 6.08 Å². The Morgan fingerprint density at radius 2 is 1.70 bits per heavy atom. The van der Waals surface area contributed by atoms with Crippen LogP contribution in [-0.2, 0) is 11.2 Å². The number of allylic oxidation sites excluding steroid dienone is 2. The summed E-state index contributed by atoms with van der Waals surface area (Å²) in [6.45, 7) is 1.77. The summed E-state index contributed by atoms with van der Waals surface area (Å²) in [4.78, 5) is 2.11. The Bertz CT molecular complexity index is 858. The monoisotopic (exact) mass is 416 g/mol. The third-order valence-corrected chi connectivity index (χ3v) is 4.99. The molecule has 0 amide bonds. The van der Waals surface area contributed by atoms with Crippen LogP contribution >= 0.6 is 0 Å². The molecule has 30 heavy (non-hydrogen) atoms. The summed E-state index contributed by atoms with van der Waals surface area (Å²) in [5.74, 6) is 0.0126. The first-order valence-corrected chi connectivity index (χ1v) is 10.1. The molecule has 6 heteroatoms. The number of hydrogen-bond acceptors (Lipinski definition) is 3. The van der Waals surface area contributed by atoms with Crippen molar-refractivity contribution in [1.82, 2.24) is 10.2 Å². The number of nitrogens with one attached hydrogen (secondary N) is 1. The van der Waals surface area contributed by atoms with E-state index in [1.165, 1.54) is 16.7 Å². The molecule has 0 saturated heterocycles. The molecule has 3 nitrogen and oxygen atoms in total. The summed E-state index contributed by atoms with van der Waals surface area (Å²) >= 11 is 0. The van der Waals surface area contributed by atoms with E-state index in [9.17, 15) is 13.2 Å². The van der Waals surface area contributed by atoms with Gasteiger partial charge in [-0.25, -0.2) is 0 Å². The van der Waals surface area contributed by atoms with Crippen LogP contribution in [0, 0.1) is 0 Å². The van der Waals surface area contributed by atoms with Crippen molar-refractivity contribution in [2.24, 2.45) is 0 Å². The number of hydrogen-bond donors (Lipinski definition) is 1. The molecule has 0 saturated carbocycles. The minimum absolute atomic E-state index is 0.0126. The number of likely N-dealkylation sites (N-methyl/N-ethyl adjacent to an activating group) is 1. The lowest BCUT2D eigenvalue weighted by Crippen LogP contribution is -2.34. The number of rotatable bonds is 9. The third kappa shape index (κ3) is 7.04. The molecular weight excluding hydrogens is 389 g/mol. The van der Waals surface area contributed by atoms with Gasteiger partial charge in [0.1, 0.15) is 5.76 Å². The summed E-state index contributed by atoms with van der Waals surface area (Å²) in [7, 11) is 1.99. The fourth-order valence-electron chi connectivity index (χ4n) is 3.38. The molecule has 0 unspecified atom stereocenters. The zero-order valence-corrected chi connectivity index (χ0v) is 17.1. The van der Waals surface area contributed by atoms with Gasteiger partial charge in [0.2, 0.25) is 0 Å². The Morgan fingerprint density at radius 3 is 2.40 bits per heavy atom. The second-order valence-electron chi connectivity index (χ2n) is 7.41. The van der Waals surface area contributed by atoms with Crippen LogP contribution in [0.4, 0.5) is 13.2 Å². The lowest BCUT2D eigenvalue weighted by molar-refractivity contribution is -0.306. The standard InChI is InChI=1S/C24H27F3N2O/c1-29(18-28-17-22-9-5-6-10-23(22)30-24(25,26)27)16-15-19-11-13-21(14-12-19)20-7-3-2-4-8-20/h2-5,7-9,11-14,28H,6,10,15-18H2,1H3. The molecule has 0 atom stereocenters. The summed E-state index contributed by atoms with van der Waals surface area (Å²) in [5, 5.41) is 3.21. The van der Waals surface area contributed by atoms with E-state index in [4.69, 9.17) is 0 Å². The maximum atomic E-state index is 12.5. The van der Waals surface area contributed by atoms with Crippen molar-refractivity contribution < 1.29 is 17.9 Å². The molecule has 1 aliphatic rings. The smallest absolute Gasteiger partial charge is 0.410 e. The number of benzene rings is 2. The Morgan fingerprint density at radius 1 is 1.00 bits per heavy atom. The average molecular weight is 416 g/mol. The summed E-state index contributed by atoms with van der Waals surface area (Å²) in [6, 6.07) is 18.8. The van der Waals surface area contributed by atoms with Crippen LogP contribution in [0.5, 0.6) is 0 Å². The molecule has 0 aliphatic heterocycles. The van der Waals surface area contributed by atoms with Crippen molar-refractivity contribution in [3.8, 4) is 11.1 Å². The molecule has 160 valence electrons. The maximum absolute atomic E-state index is 12.5. The molecule has 0 fully saturated rings. The van der Waals surface area contributed by atoms with Gasteiger partial charge in [-0.2, -0.15) is 0 Å². The largest absolute Gasteiger partial charge is 0.572 e. The predicted molar refractivity (Wildman–Crippen MR) is 114 cm³/mol. The number of ether oxygens (including phenoxy) is 1.